The second-order valence-corrected chi connectivity index (χ2v) is 5.53. The summed E-state index contributed by atoms with van der Waals surface area (Å²) in [5.74, 6) is 1.77. The predicted octanol–water partition coefficient (Wildman–Crippen LogP) is 4.30. The van der Waals surface area contributed by atoms with Crippen LogP contribution in [0.3, 0.4) is 0 Å². The number of hydrogen-bond acceptors (Lipinski definition) is 3. The lowest BCUT2D eigenvalue weighted by Gasteiger charge is -2.06. The number of aryl methyl sites for hydroxylation is 2. The number of rotatable bonds is 4. The van der Waals surface area contributed by atoms with Crippen molar-refractivity contribution in [2.24, 2.45) is 0 Å². The third-order valence-electron chi connectivity index (χ3n) is 2.69. The van der Waals surface area contributed by atoms with Crippen molar-refractivity contribution in [3.05, 3.63) is 52.1 Å². The monoisotopic (exact) mass is 276 g/mol. The third kappa shape index (κ3) is 3.43. The number of nitrogens with one attached hydrogen (secondary N) is 1. The Morgan fingerprint density at radius 2 is 2.11 bits per heavy atom. The van der Waals surface area contributed by atoms with Gasteiger partial charge in [-0.2, -0.15) is 0 Å². The van der Waals surface area contributed by atoms with Crippen molar-refractivity contribution in [3.63, 3.8) is 0 Å². The summed E-state index contributed by atoms with van der Waals surface area (Å²) in [6.07, 6.45) is 0.953. The highest BCUT2D eigenvalue weighted by molar-refractivity contribution is 7.98. The van der Waals surface area contributed by atoms with Crippen LogP contribution in [0, 0.1) is 11.6 Å². The van der Waals surface area contributed by atoms with Gasteiger partial charge in [0.2, 0.25) is 0 Å². The summed E-state index contributed by atoms with van der Waals surface area (Å²) in [5, 5.41) is 0. The van der Waals surface area contributed by atoms with Gasteiger partial charge in [0.15, 0.2) is 0 Å². The van der Waals surface area contributed by atoms with Gasteiger partial charge in [-0.25, -0.2) is 4.98 Å². The minimum absolute atomic E-state index is 0.672. The molecule has 1 N–H and O–H groups in total. The Bertz CT molecular complexity index is 590. The van der Waals surface area contributed by atoms with Gasteiger partial charge < -0.3 is 4.98 Å². The predicted molar refractivity (Wildman–Crippen MR) is 79.5 cm³/mol. The normalized spacial score (nSPS) is 10.6. The van der Waals surface area contributed by atoms with E-state index in [1.165, 1.54) is 10.5 Å². The standard InChI is InChI=1S/C14H16N2S2/c1-3-11-8-14(17)16-13(15-11)9-18-12-7-5-4-6-10(12)2/h4-8H,3,9H2,1-2H3,(H,15,16,17). The molecule has 0 amide bonds. The maximum atomic E-state index is 5.17. The summed E-state index contributed by atoms with van der Waals surface area (Å²) < 4.78 is 0.672. The minimum Gasteiger partial charge on any atom is -0.346 e. The van der Waals surface area contributed by atoms with Crippen LogP contribution >= 0.6 is 24.0 Å². The van der Waals surface area contributed by atoms with Gasteiger partial charge in [0.05, 0.1) is 5.75 Å². The number of H-pyrrole nitrogens is 1. The molecule has 0 unspecified atom stereocenters. The van der Waals surface area contributed by atoms with Crippen molar-refractivity contribution >= 4 is 24.0 Å². The number of hydrogen-bond donors (Lipinski definition) is 1. The van der Waals surface area contributed by atoms with Crippen LogP contribution in [0.4, 0.5) is 0 Å². The summed E-state index contributed by atoms with van der Waals surface area (Å²) in [5.41, 5.74) is 2.45. The second kappa shape index (κ2) is 6.16. The van der Waals surface area contributed by atoms with Crippen LogP contribution in [0.5, 0.6) is 0 Å². The van der Waals surface area contributed by atoms with Gasteiger partial charge in [-0.3, -0.25) is 0 Å². The Morgan fingerprint density at radius 1 is 1.33 bits per heavy atom. The highest BCUT2D eigenvalue weighted by Crippen LogP contribution is 2.24. The van der Waals surface area contributed by atoms with E-state index >= 15 is 0 Å². The van der Waals surface area contributed by atoms with Gasteiger partial charge in [-0.1, -0.05) is 37.3 Å². The van der Waals surface area contributed by atoms with Crippen molar-refractivity contribution in [1.82, 2.24) is 9.97 Å². The fourth-order valence-electron chi connectivity index (χ4n) is 1.69. The van der Waals surface area contributed by atoms with Crippen LogP contribution in [-0.2, 0) is 12.2 Å². The van der Waals surface area contributed by atoms with Crippen molar-refractivity contribution < 1.29 is 0 Å². The molecule has 0 aliphatic heterocycles. The van der Waals surface area contributed by atoms with Crippen molar-refractivity contribution in [1.29, 1.82) is 0 Å². The van der Waals surface area contributed by atoms with Crippen LogP contribution in [0.2, 0.25) is 0 Å². The van der Waals surface area contributed by atoms with Crippen molar-refractivity contribution in [2.75, 3.05) is 0 Å². The molecule has 94 valence electrons. The van der Waals surface area contributed by atoms with Crippen LogP contribution in [0.15, 0.2) is 35.2 Å². The van der Waals surface area contributed by atoms with Gasteiger partial charge in [0, 0.05) is 10.6 Å². The number of aromatic nitrogens is 2. The minimum atomic E-state index is 0.672. The Kier molecular flexibility index (Phi) is 4.55. The Labute approximate surface area is 117 Å². The maximum absolute atomic E-state index is 5.17. The molecule has 0 fully saturated rings. The molecule has 0 atom stereocenters. The lowest BCUT2D eigenvalue weighted by Crippen LogP contribution is -1.97. The third-order valence-corrected chi connectivity index (χ3v) is 4.08. The summed E-state index contributed by atoms with van der Waals surface area (Å²) in [7, 11) is 0. The number of aromatic amines is 1. The van der Waals surface area contributed by atoms with Gasteiger partial charge in [0.25, 0.3) is 0 Å². The fourth-order valence-corrected chi connectivity index (χ4v) is 2.84. The van der Waals surface area contributed by atoms with Gasteiger partial charge in [-0.05, 0) is 31.0 Å². The molecule has 2 nitrogen and oxygen atoms in total. The number of benzene rings is 1. The summed E-state index contributed by atoms with van der Waals surface area (Å²) in [4.78, 5) is 8.98. The van der Waals surface area contributed by atoms with E-state index in [0.717, 1.165) is 23.7 Å². The number of thioether (sulfide) groups is 1. The lowest BCUT2D eigenvalue weighted by atomic mass is 10.2. The first kappa shape index (κ1) is 13.3. The highest BCUT2D eigenvalue weighted by atomic mass is 32.2. The molecular formula is C14H16N2S2. The molecule has 1 heterocycles. The maximum Gasteiger partial charge on any atom is 0.130 e. The van der Waals surface area contributed by atoms with Gasteiger partial charge >= 0.3 is 0 Å². The molecule has 0 radical (unpaired) electrons. The van der Waals surface area contributed by atoms with Gasteiger partial charge in [0.1, 0.15) is 10.5 Å². The molecule has 18 heavy (non-hydrogen) atoms. The van der Waals surface area contributed by atoms with Crippen LogP contribution in [0.25, 0.3) is 0 Å². The molecule has 0 saturated heterocycles. The average Bonchev–Trinajstić information content (AvgIpc) is 2.37. The van der Waals surface area contributed by atoms with Crippen molar-refractivity contribution in [2.45, 2.75) is 30.9 Å². The fraction of sp³-hybridized carbons (Fsp3) is 0.286. The number of nitrogens with zero attached hydrogens (tertiary/aromatic N) is 1. The molecule has 4 heteroatoms. The first-order chi connectivity index (χ1) is 8.69. The smallest absolute Gasteiger partial charge is 0.130 e. The van der Waals surface area contributed by atoms with E-state index < -0.39 is 0 Å². The zero-order chi connectivity index (χ0) is 13.0. The molecule has 1 aromatic heterocycles. The second-order valence-electron chi connectivity index (χ2n) is 4.10. The van der Waals surface area contributed by atoms with Crippen molar-refractivity contribution in [3.8, 4) is 0 Å². The largest absolute Gasteiger partial charge is 0.346 e. The quantitative estimate of drug-likeness (QED) is 0.666. The van der Waals surface area contributed by atoms with E-state index in [1.54, 1.807) is 11.8 Å². The average molecular weight is 276 g/mol. The molecule has 0 bridgehead atoms. The molecule has 1 aromatic carbocycles. The molecule has 0 aliphatic rings. The molecule has 0 saturated carbocycles. The Hall–Kier alpha value is -1.13. The Balaban J connectivity index is 2.13. The zero-order valence-corrected chi connectivity index (χ0v) is 12.2. The van der Waals surface area contributed by atoms with Gasteiger partial charge in [-0.15, -0.1) is 11.8 Å². The van der Waals surface area contributed by atoms with Crippen LogP contribution in [0.1, 0.15) is 24.0 Å². The zero-order valence-electron chi connectivity index (χ0n) is 10.6. The SMILES string of the molecule is CCc1cc(=S)nc(CSc2ccccc2C)[nH]1. The molecular weight excluding hydrogens is 260 g/mol. The first-order valence-electron chi connectivity index (χ1n) is 5.96. The van der Waals surface area contributed by atoms with E-state index in [4.69, 9.17) is 12.2 Å². The molecule has 0 spiro atoms. The van der Waals surface area contributed by atoms with Crippen LogP contribution < -0.4 is 0 Å². The topological polar surface area (TPSA) is 28.7 Å². The molecule has 2 rings (SSSR count). The van der Waals surface area contributed by atoms with E-state index in [0.29, 0.717) is 4.64 Å². The highest BCUT2D eigenvalue weighted by Gasteiger charge is 2.02. The van der Waals surface area contributed by atoms with E-state index in [2.05, 4.69) is 48.1 Å². The summed E-state index contributed by atoms with van der Waals surface area (Å²) in [6, 6.07) is 10.3. The Morgan fingerprint density at radius 3 is 2.83 bits per heavy atom. The first-order valence-corrected chi connectivity index (χ1v) is 7.36. The molecule has 0 aliphatic carbocycles. The van der Waals surface area contributed by atoms with E-state index in [-0.39, 0.29) is 0 Å². The van der Waals surface area contributed by atoms with Crippen LogP contribution in [-0.4, -0.2) is 9.97 Å². The lowest BCUT2D eigenvalue weighted by molar-refractivity contribution is 0.933. The van der Waals surface area contributed by atoms with E-state index in [9.17, 15) is 0 Å². The summed E-state index contributed by atoms with van der Waals surface area (Å²) >= 11 is 6.96. The summed E-state index contributed by atoms with van der Waals surface area (Å²) in [6.45, 7) is 4.24. The molecule has 2 aromatic rings. The van der Waals surface area contributed by atoms with E-state index in [1.807, 2.05) is 6.07 Å².